The lowest BCUT2D eigenvalue weighted by Gasteiger charge is -2.14. The molecule has 0 saturated carbocycles. The number of hydrogen-bond donors (Lipinski definition) is 2. The molecule has 1 aliphatic rings. The zero-order valence-corrected chi connectivity index (χ0v) is 9.48. The number of rotatable bonds is 2. The van der Waals surface area contributed by atoms with Crippen LogP contribution in [0.4, 0.5) is 0 Å². The molecule has 0 aliphatic carbocycles. The molecule has 2 amide bonds. The Morgan fingerprint density at radius 2 is 2.12 bits per heavy atom. The van der Waals surface area contributed by atoms with Crippen LogP contribution in [0.15, 0.2) is 24.5 Å². The first-order chi connectivity index (χ1) is 8.27. The van der Waals surface area contributed by atoms with Crippen molar-refractivity contribution in [1.82, 2.24) is 15.6 Å². The molecule has 2 heterocycles. The van der Waals surface area contributed by atoms with Gasteiger partial charge in [0.05, 0.1) is 0 Å². The van der Waals surface area contributed by atoms with E-state index in [0.29, 0.717) is 18.5 Å². The summed E-state index contributed by atoms with van der Waals surface area (Å²) in [5.41, 5.74) is 0.525. The summed E-state index contributed by atoms with van der Waals surface area (Å²) in [6.07, 6.45) is 5.72. The highest BCUT2D eigenvalue weighted by Gasteiger charge is 2.22. The second-order valence-corrected chi connectivity index (χ2v) is 4.05. The molecule has 0 spiro atoms. The summed E-state index contributed by atoms with van der Waals surface area (Å²) in [6, 6.07) is 2.84. The third kappa shape index (κ3) is 3.03. The van der Waals surface area contributed by atoms with Crippen molar-refractivity contribution in [2.45, 2.75) is 25.3 Å². The number of carbonyl (C=O) groups is 2. The van der Waals surface area contributed by atoms with Crippen molar-refractivity contribution in [1.29, 1.82) is 0 Å². The van der Waals surface area contributed by atoms with E-state index in [9.17, 15) is 9.59 Å². The number of nitrogens with one attached hydrogen (secondary N) is 2. The van der Waals surface area contributed by atoms with E-state index in [4.69, 9.17) is 0 Å². The quantitative estimate of drug-likeness (QED) is 0.780. The largest absolute Gasteiger partial charge is 0.354 e. The van der Waals surface area contributed by atoms with Crippen molar-refractivity contribution in [2.24, 2.45) is 0 Å². The Morgan fingerprint density at radius 1 is 1.35 bits per heavy atom. The maximum absolute atomic E-state index is 11.9. The van der Waals surface area contributed by atoms with E-state index in [1.807, 2.05) is 0 Å². The fourth-order valence-electron chi connectivity index (χ4n) is 1.82. The van der Waals surface area contributed by atoms with Crippen LogP contribution in [0.5, 0.6) is 0 Å². The van der Waals surface area contributed by atoms with E-state index in [1.54, 1.807) is 24.5 Å². The summed E-state index contributed by atoms with van der Waals surface area (Å²) in [6.45, 7) is 0.695. The minimum absolute atomic E-state index is 0.0927. The first kappa shape index (κ1) is 11.6. The van der Waals surface area contributed by atoms with E-state index in [1.165, 1.54) is 0 Å². The van der Waals surface area contributed by atoms with Gasteiger partial charge in [-0.25, -0.2) is 0 Å². The van der Waals surface area contributed by atoms with Crippen LogP contribution in [0.2, 0.25) is 0 Å². The second kappa shape index (κ2) is 5.43. The van der Waals surface area contributed by atoms with Gasteiger partial charge < -0.3 is 10.6 Å². The van der Waals surface area contributed by atoms with E-state index in [2.05, 4.69) is 15.6 Å². The molecular formula is C12H15N3O2. The number of aromatic nitrogens is 1. The van der Waals surface area contributed by atoms with Crippen LogP contribution in [0.3, 0.4) is 0 Å². The van der Waals surface area contributed by atoms with Crippen molar-refractivity contribution in [3.05, 3.63) is 30.1 Å². The summed E-state index contributed by atoms with van der Waals surface area (Å²) in [4.78, 5) is 27.3. The predicted molar refractivity (Wildman–Crippen MR) is 62.4 cm³/mol. The molecule has 1 aliphatic heterocycles. The molecule has 0 unspecified atom stereocenters. The van der Waals surface area contributed by atoms with Crippen LogP contribution in [0.1, 0.15) is 29.6 Å². The van der Waals surface area contributed by atoms with E-state index >= 15 is 0 Å². The molecule has 2 N–H and O–H groups in total. The third-order valence-corrected chi connectivity index (χ3v) is 2.78. The van der Waals surface area contributed by atoms with Gasteiger partial charge in [0.25, 0.3) is 5.91 Å². The van der Waals surface area contributed by atoms with Gasteiger partial charge in [0.1, 0.15) is 6.04 Å². The molecule has 0 radical (unpaired) electrons. The number of hydrogen-bond acceptors (Lipinski definition) is 3. The van der Waals surface area contributed by atoms with Gasteiger partial charge in [-0.3, -0.25) is 14.6 Å². The van der Waals surface area contributed by atoms with Gasteiger partial charge in [0.2, 0.25) is 5.91 Å². The molecule has 1 saturated heterocycles. The predicted octanol–water partition coefficient (Wildman–Crippen LogP) is 0.480. The van der Waals surface area contributed by atoms with Crippen LogP contribution < -0.4 is 10.6 Å². The summed E-state index contributed by atoms with van der Waals surface area (Å²) in [5, 5.41) is 5.53. The van der Waals surface area contributed by atoms with Crippen molar-refractivity contribution < 1.29 is 9.59 Å². The highest BCUT2D eigenvalue weighted by molar-refractivity contribution is 5.97. The van der Waals surface area contributed by atoms with Crippen molar-refractivity contribution in [2.75, 3.05) is 6.54 Å². The Morgan fingerprint density at radius 3 is 2.88 bits per heavy atom. The molecule has 1 aromatic rings. The van der Waals surface area contributed by atoms with Crippen molar-refractivity contribution >= 4 is 11.8 Å². The molecular weight excluding hydrogens is 218 g/mol. The number of carbonyl (C=O) groups excluding carboxylic acids is 2. The third-order valence-electron chi connectivity index (χ3n) is 2.78. The van der Waals surface area contributed by atoms with Crippen LogP contribution >= 0.6 is 0 Å². The lowest BCUT2D eigenvalue weighted by Crippen LogP contribution is -2.45. The van der Waals surface area contributed by atoms with E-state index in [0.717, 1.165) is 12.8 Å². The van der Waals surface area contributed by atoms with Gasteiger partial charge in [-0.05, 0) is 31.4 Å². The SMILES string of the molecule is O=C(N[C@H]1CCCCNC1=O)c1ccncc1. The molecule has 5 nitrogen and oxygen atoms in total. The molecule has 5 heteroatoms. The molecule has 2 rings (SSSR count). The molecule has 0 bridgehead atoms. The Kier molecular flexibility index (Phi) is 3.69. The molecule has 17 heavy (non-hydrogen) atoms. The second-order valence-electron chi connectivity index (χ2n) is 4.05. The van der Waals surface area contributed by atoms with Crippen LogP contribution in [-0.4, -0.2) is 29.4 Å². The standard InChI is InChI=1S/C12H15N3O2/c16-11(9-4-7-13-8-5-9)15-10-3-1-2-6-14-12(10)17/h4-5,7-8,10H,1-3,6H2,(H,14,17)(H,15,16)/t10-/m0/s1. The summed E-state index contributed by atoms with van der Waals surface area (Å²) < 4.78 is 0. The summed E-state index contributed by atoms with van der Waals surface area (Å²) >= 11 is 0. The summed E-state index contributed by atoms with van der Waals surface area (Å²) in [5.74, 6) is -0.320. The topological polar surface area (TPSA) is 71.1 Å². The lowest BCUT2D eigenvalue weighted by molar-refractivity contribution is -0.122. The smallest absolute Gasteiger partial charge is 0.252 e. The Hall–Kier alpha value is -1.91. The first-order valence-corrected chi connectivity index (χ1v) is 5.76. The Balaban J connectivity index is 2.00. The first-order valence-electron chi connectivity index (χ1n) is 5.76. The van der Waals surface area contributed by atoms with Crippen LogP contribution in [0, 0.1) is 0 Å². The molecule has 0 aromatic carbocycles. The van der Waals surface area contributed by atoms with Gasteiger partial charge in [-0.2, -0.15) is 0 Å². The van der Waals surface area contributed by atoms with Gasteiger partial charge in [-0.1, -0.05) is 0 Å². The minimum Gasteiger partial charge on any atom is -0.354 e. The van der Waals surface area contributed by atoms with Gasteiger partial charge >= 0.3 is 0 Å². The number of amides is 2. The van der Waals surface area contributed by atoms with E-state index in [-0.39, 0.29) is 11.8 Å². The highest BCUT2D eigenvalue weighted by atomic mass is 16.2. The fraction of sp³-hybridized carbons (Fsp3) is 0.417. The average Bonchev–Trinajstić information content (AvgIpc) is 2.56. The van der Waals surface area contributed by atoms with Gasteiger partial charge in [0, 0.05) is 24.5 Å². The van der Waals surface area contributed by atoms with E-state index < -0.39 is 6.04 Å². The zero-order valence-electron chi connectivity index (χ0n) is 9.48. The fourth-order valence-corrected chi connectivity index (χ4v) is 1.82. The highest BCUT2D eigenvalue weighted by Crippen LogP contribution is 2.06. The minimum atomic E-state index is -0.418. The van der Waals surface area contributed by atoms with Gasteiger partial charge in [-0.15, -0.1) is 0 Å². The van der Waals surface area contributed by atoms with Crippen LogP contribution in [-0.2, 0) is 4.79 Å². The van der Waals surface area contributed by atoms with Gasteiger partial charge in [0.15, 0.2) is 0 Å². The molecule has 1 fully saturated rings. The summed E-state index contributed by atoms with van der Waals surface area (Å²) in [7, 11) is 0. The maximum Gasteiger partial charge on any atom is 0.252 e. The molecule has 1 atom stereocenters. The monoisotopic (exact) mass is 233 g/mol. The average molecular weight is 233 g/mol. The van der Waals surface area contributed by atoms with Crippen molar-refractivity contribution in [3.63, 3.8) is 0 Å². The van der Waals surface area contributed by atoms with Crippen LogP contribution in [0.25, 0.3) is 0 Å². The molecule has 90 valence electrons. The molecule has 1 aromatic heterocycles. The Bertz CT molecular complexity index is 405. The Labute approximate surface area is 99.6 Å². The number of pyridine rings is 1. The lowest BCUT2D eigenvalue weighted by atomic mass is 10.1. The normalized spacial score (nSPS) is 20.2. The zero-order chi connectivity index (χ0) is 12.1. The van der Waals surface area contributed by atoms with Crippen molar-refractivity contribution in [3.8, 4) is 0 Å². The number of nitrogens with zero attached hydrogens (tertiary/aromatic N) is 1. The maximum atomic E-state index is 11.9.